The molecule has 202 valence electrons. The summed E-state index contributed by atoms with van der Waals surface area (Å²) in [4.78, 5) is 46.4. The maximum Gasteiger partial charge on any atom is 0.246 e. The summed E-state index contributed by atoms with van der Waals surface area (Å²) >= 11 is 1.61. The van der Waals surface area contributed by atoms with Gasteiger partial charge in [0.2, 0.25) is 17.7 Å². The zero-order valence-electron chi connectivity index (χ0n) is 23.0. The van der Waals surface area contributed by atoms with Crippen molar-refractivity contribution in [2.45, 2.75) is 85.5 Å². The molecular weight excluding hydrogens is 488 g/mol. The lowest BCUT2D eigenvalue weighted by Crippen LogP contribution is -2.58. The van der Waals surface area contributed by atoms with Crippen molar-refractivity contribution in [1.82, 2.24) is 20.5 Å². The van der Waals surface area contributed by atoms with Crippen molar-refractivity contribution in [3.05, 3.63) is 41.0 Å². The molecule has 2 heterocycles. The van der Waals surface area contributed by atoms with Crippen LogP contribution >= 0.6 is 11.3 Å². The largest absolute Gasteiger partial charge is 0.369 e. The van der Waals surface area contributed by atoms with Gasteiger partial charge >= 0.3 is 0 Å². The van der Waals surface area contributed by atoms with Gasteiger partial charge in [-0.2, -0.15) is 0 Å². The second-order valence-corrected chi connectivity index (χ2v) is 11.9. The second kappa shape index (κ2) is 12.2. The predicted molar refractivity (Wildman–Crippen MR) is 146 cm³/mol. The number of hydrogen-bond acceptors (Lipinski definition) is 6. The molecule has 37 heavy (non-hydrogen) atoms. The van der Waals surface area contributed by atoms with Crippen LogP contribution in [-0.2, 0) is 19.1 Å². The van der Waals surface area contributed by atoms with E-state index in [0.29, 0.717) is 13.0 Å². The van der Waals surface area contributed by atoms with E-state index in [4.69, 9.17) is 4.74 Å². The van der Waals surface area contributed by atoms with Crippen molar-refractivity contribution in [1.29, 1.82) is 0 Å². The van der Waals surface area contributed by atoms with Gasteiger partial charge in [-0.1, -0.05) is 45.0 Å². The monoisotopic (exact) mass is 528 g/mol. The third-order valence-electron chi connectivity index (χ3n) is 6.58. The van der Waals surface area contributed by atoms with E-state index in [1.54, 1.807) is 16.2 Å². The number of thiazole rings is 1. The summed E-state index contributed by atoms with van der Waals surface area (Å²) in [6.07, 6.45) is 1.24. The topological polar surface area (TPSA) is 101 Å². The van der Waals surface area contributed by atoms with Gasteiger partial charge in [0.25, 0.3) is 0 Å². The number of carbonyl (C=O) groups is 3. The molecule has 0 aliphatic carbocycles. The Balaban J connectivity index is 1.66. The SMILES string of the molecule is Cc1ncsc1-c1ccc([C@H](C)NC(=O)[C@@H]2CCCN2C(=O)C(NC(=O)COC(C)C)C(C)(C)C)cc1. The highest BCUT2D eigenvalue weighted by molar-refractivity contribution is 7.13. The molecule has 9 heteroatoms. The summed E-state index contributed by atoms with van der Waals surface area (Å²) in [6.45, 7) is 13.7. The molecule has 0 bridgehead atoms. The number of rotatable bonds is 9. The number of carbonyl (C=O) groups excluding carboxylic acids is 3. The molecule has 2 N–H and O–H groups in total. The lowest BCUT2D eigenvalue weighted by atomic mass is 9.85. The molecule has 3 atom stereocenters. The van der Waals surface area contributed by atoms with Gasteiger partial charge in [-0.05, 0) is 57.1 Å². The highest BCUT2D eigenvalue weighted by atomic mass is 32.1. The Bertz CT molecular complexity index is 1090. The van der Waals surface area contributed by atoms with Crippen LogP contribution in [0.15, 0.2) is 29.8 Å². The van der Waals surface area contributed by atoms with Gasteiger partial charge in [0, 0.05) is 6.54 Å². The van der Waals surface area contributed by atoms with Gasteiger partial charge in [0.05, 0.1) is 28.2 Å². The van der Waals surface area contributed by atoms with E-state index >= 15 is 0 Å². The molecule has 1 saturated heterocycles. The first kappa shape index (κ1) is 28.8. The number of hydrogen-bond donors (Lipinski definition) is 2. The Kier molecular flexibility index (Phi) is 9.47. The van der Waals surface area contributed by atoms with Crippen molar-refractivity contribution in [3.63, 3.8) is 0 Å². The quantitative estimate of drug-likeness (QED) is 0.507. The number of nitrogens with zero attached hydrogens (tertiary/aromatic N) is 2. The summed E-state index contributed by atoms with van der Waals surface area (Å²) in [7, 11) is 0. The molecule has 8 nitrogen and oxygen atoms in total. The number of aromatic nitrogens is 1. The Morgan fingerprint density at radius 3 is 2.38 bits per heavy atom. The fourth-order valence-corrected chi connectivity index (χ4v) is 5.27. The molecule has 1 aromatic carbocycles. The molecule has 3 amide bonds. The minimum Gasteiger partial charge on any atom is -0.369 e. The van der Waals surface area contributed by atoms with E-state index in [2.05, 4.69) is 15.6 Å². The van der Waals surface area contributed by atoms with Crippen molar-refractivity contribution in [2.24, 2.45) is 5.41 Å². The summed E-state index contributed by atoms with van der Waals surface area (Å²) in [5, 5.41) is 5.94. The number of aryl methyl sites for hydroxylation is 1. The molecule has 0 saturated carbocycles. The third-order valence-corrected chi connectivity index (χ3v) is 7.56. The minimum atomic E-state index is -0.760. The normalized spacial score (nSPS) is 17.5. The van der Waals surface area contributed by atoms with Crippen LogP contribution in [0.3, 0.4) is 0 Å². The first-order valence-electron chi connectivity index (χ1n) is 12.9. The summed E-state index contributed by atoms with van der Waals surface area (Å²) < 4.78 is 5.40. The van der Waals surface area contributed by atoms with Gasteiger partial charge < -0.3 is 20.3 Å². The maximum atomic E-state index is 13.6. The number of ether oxygens (including phenoxy) is 1. The molecule has 1 aliphatic rings. The molecule has 1 aliphatic heterocycles. The first-order chi connectivity index (χ1) is 17.4. The predicted octanol–water partition coefficient (Wildman–Crippen LogP) is 4.24. The fraction of sp³-hybridized carbons (Fsp3) is 0.571. The molecule has 1 aromatic heterocycles. The average molecular weight is 529 g/mol. The van der Waals surface area contributed by atoms with E-state index in [0.717, 1.165) is 28.1 Å². The number of likely N-dealkylation sites (tertiary alicyclic amines) is 1. The number of nitrogens with one attached hydrogen (secondary N) is 2. The number of benzene rings is 1. The van der Waals surface area contributed by atoms with Crippen molar-refractivity contribution < 1.29 is 19.1 Å². The summed E-state index contributed by atoms with van der Waals surface area (Å²) in [5.41, 5.74) is 4.40. The average Bonchev–Trinajstić information content (AvgIpc) is 3.49. The Hall–Kier alpha value is -2.78. The highest BCUT2D eigenvalue weighted by Gasteiger charge is 2.42. The van der Waals surface area contributed by atoms with Gasteiger partial charge in [-0.25, -0.2) is 4.98 Å². The van der Waals surface area contributed by atoms with Crippen LogP contribution in [0, 0.1) is 12.3 Å². The van der Waals surface area contributed by atoms with Crippen LogP contribution in [0.2, 0.25) is 0 Å². The molecule has 1 fully saturated rings. The number of amides is 3. The van der Waals surface area contributed by atoms with E-state index < -0.39 is 17.5 Å². The summed E-state index contributed by atoms with van der Waals surface area (Å²) in [6, 6.07) is 6.58. The molecule has 1 unspecified atom stereocenters. The lowest BCUT2D eigenvalue weighted by molar-refractivity contribution is -0.144. The minimum absolute atomic E-state index is 0.0868. The molecule has 3 rings (SSSR count). The molecule has 2 aromatic rings. The van der Waals surface area contributed by atoms with Crippen molar-refractivity contribution >= 4 is 29.1 Å². The standard InChI is InChI=1S/C28H40N4O4S/c1-17(2)36-15-23(33)31-25(28(5,6)7)27(35)32-14-8-9-22(32)26(34)30-18(3)20-10-12-21(13-11-20)24-19(4)29-16-37-24/h10-13,16-18,22,25H,8-9,14-15H2,1-7H3,(H,30,34)(H,31,33)/t18-,22-,25?/m0/s1. The zero-order chi connectivity index (χ0) is 27.3. The van der Waals surface area contributed by atoms with E-state index in [-0.39, 0.29) is 36.5 Å². The van der Waals surface area contributed by atoms with Gasteiger partial charge in [0.1, 0.15) is 18.7 Å². The Morgan fingerprint density at radius 1 is 1.14 bits per heavy atom. The molecule has 0 radical (unpaired) electrons. The Morgan fingerprint density at radius 2 is 1.81 bits per heavy atom. The van der Waals surface area contributed by atoms with Crippen LogP contribution in [0.25, 0.3) is 10.4 Å². The molecule has 0 spiro atoms. The maximum absolute atomic E-state index is 13.6. The van der Waals surface area contributed by atoms with E-state index in [9.17, 15) is 14.4 Å². The highest BCUT2D eigenvalue weighted by Crippen LogP contribution is 2.29. The Labute approximate surface area is 224 Å². The fourth-order valence-electron chi connectivity index (χ4n) is 4.46. The lowest BCUT2D eigenvalue weighted by Gasteiger charge is -2.35. The van der Waals surface area contributed by atoms with E-state index in [1.165, 1.54) is 0 Å². The smallest absolute Gasteiger partial charge is 0.246 e. The zero-order valence-corrected chi connectivity index (χ0v) is 23.8. The van der Waals surface area contributed by atoms with Gasteiger partial charge in [-0.3, -0.25) is 14.4 Å². The second-order valence-electron chi connectivity index (χ2n) is 11.0. The summed E-state index contributed by atoms with van der Waals surface area (Å²) in [5.74, 6) is -0.754. The van der Waals surface area contributed by atoms with Crippen LogP contribution in [0.1, 0.15) is 71.7 Å². The van der Waals surface area contributed by atoms with E-state index in [1.807, 2.05) is 78.2 Å². The van der Waals surface area contributed by atoms with Crippen LogP contribution < -0.4 is 10.6 Å². The van der Waals surface area contributed by atoms with Gasteiger partial charge in [0.15, 0.2) is 0 Å². The van der Waals surface area contributed by atoms with Crippen LogP contribution in [0.5, 0.6) is 0 Å². The van der Waals surface area contributed by atoms with Crippen LogP contribution in [-0.4, -0.2) is 58.9 Å². The van der Waals surface area contributed by atoms with Crippen molar-refractivity contribution in [2.75, 3.05) is 13.2 Å². The third kappa shape index (κ3) is 7.38. The first-order valence-corrected chi connectivity index (χ1v) is 13.8. The van der Waals surface area contributed by atoms with Crippen molar-refractivity contribution in [3.8, 4) is 10.4 Å². The van der Waals surface area contributed by atoms with Crippen LogP contribution in [0.4, 0.5) is 0 Å². The van der Waals surface area contributed by atoms with Gasteiger partial charge in [-0.15, -0.1) is 11.3 Å². The molecular formula is C28H40N4O4S.